The monoisotopic (exact) mass is 2890 g/mol. The number of carbonyl (C=O) groups excluding carboxylic acids is 2. The number of para-hydroxylation sites is 2. The van der Waals surface area contributed by atoms with Crippen LogP contribution in [0.3, 0.4) is 0 Å². The zero-order chi connectivity index (χ0) is 104. The molecule has 0 bridgehead atoms. The van der Waals surface area contributed by atoms with Crippen LogP contribution >= 0.6 is 0 Å². The van der Waals surface area contributed by atoms with Crippen molar-refractivity contribution >= 4 is 28.6 Å². The van der Waals surface area contributed by atoms with Gasteiger partial charge in [0.15, 0.2) is 17.2 Å². The van der Waals surface area contributed by atoms with Gasteiger partial charge in [0.05, 0.1) is 12.4 Å². The Bertz CT molecular complexity index is 6910. The van der Waals surface area contributed by atoms with E-state index in [0.29, 0.717) is 12.7 Å². The minimum Gasteiger partial charge on any atom is -0.512 e. The summed E-state index contributed by atoms with van der Waals surface area (Å²) in [6.45, 7) is 28.5. The Morgan fingerprint density at radius 1 is 0.327 bits per heavy atom. The number of hydrogen-bond donors (Lipinski definition) is 3. The number of allylic oxidation sites excluding steroid dienone is 4. The molecular formula is C126H123F3Ir5N11O5-5. The van der Waals surface area contributed by atoms with Crippen LogP contribution in [0, 0.1) is 72.8 Å². The average Bonchev–Trinajstić information content (AvgIpc) is 0.874. The van der Waals surface area contributed by atoms with Crippen molar-refractivity contribution in [1.82, 2.24) is 49.5 Å². The molecule has 150 heavy (non-hydrogen) atoms. The summed E-state index contributed by atoms with van der Waals surface area (Å²) in [6.07, 6.45) is 13.5. The Balaban J connectivity index is 0.000000265. The predicted octanol–water partition coefficient (Wildman–Crippen LogP) is 31.0. The summed E-state index contributed by atoms with van der Waals surface area (Å²) < 4.78 is 39.3. The molecule has 7 aromatic heterocycles. The van der Waals surface area contributed by atoms with Gasteiger partial charge in [-0.25, -0.2) is 0 Å². The SMILES string of the molecule is CC(C)(C)C(=O)C=C(O)C(C)(C)C.CC(C)(C)C(=O)C=C(O)C(C)(C)C.CC(O)(Cn1cccn1)C(F)(F)F.Cc1ccc(-c2[c-]ccc(-c3ccccc3)c2)nc1.Cc1ccc(-c2[c-]ccc(-c3ccccc3)c2)nc1.Cc1ccnc(-c2[c-]ccc(-c3ccnn3C)c2)c1.[Ir].[Ir].[Ir].[Ir].[Ir].[c-]1ccc(-c2ccccc2)cc1-c1cc(N(c2ccccc2)c2ccccc2)ccn1.[c-]1ccc(-c2ccccc2)cc1-c1ncccn1. The minimum absolute atomic E-state index is 0. The summed E-state index contributed by atoms with van der Waals surface area (Å²) in [5.41, 5.74) is 22.9. The predicted molar refractivity (Wildman–Crippen MR) is 581 cm³/mol. The molecule has 0 aliphatic heterocycles. The van der Waals surface area contributed by atoms with E-state index in [9.17, 15) is 33.0 Å². The number of alkyl halides is 3. The number of nitrogens with zero attached hydrogens (tertiary/aromatic N) is 11. The summed E-state index contributed by atoms with van der Waals surface area (Å²) in [5, 5.41) is 35.9. The third-order valence-electron chi connectivity index (χ3n) is 22.4. The normalized spacial score (nSPS) is 11.4. The van der Waals surface area contributed by atoms with Crippen LogP contribution in [0.5, 0.6) is 0 Å². The fourth-order valence-electron chi connectivity index (χ4n) is 13.7. The molecule has 5 radical (unpaired) electrons. The molecule has 0 saturated carbocycles. The van der Waals surface area contributed by atoms with Gasteiger partial charge in [0.2, 0.25) is 0 Å². The maximum atomic E-state index is 12.1. The second-order valence-electron chi connectivity index (χ2n) is 38.7. The molecule has 24 heteroatoms. The van der Waals surface area contributed by atoms with Gasteiger partial charge < -0.3 is 40.2 Å². The number of benzene rings is 11. The molecular weight excluding hydrogens is 2770 g/mol. The maximum absolute atomic E-state index is 12.1. The number of ketones is 2. The topological polar surface area (TPSA) is 211 Å². The molecule has 7 heterocycles. The molecule has 0 amide bonds. The molecule has 0 aliphatic carbocycles. The molecule has 18 rings (SSSR count). The molecule has 18 aromatic rings. The van der Waals surface area contributed by atoms with Gasteiger partial charge in [-0.1, -0.05) is 288 Å². The first-order valence-corrected chi connectivity index (χ1v) is 47.5. The Kier molecular flexibility index (Phi) is 50.1. The Labute approximate surface area is 949 Å². The Morgan fingerprint density at radius 2 is 0.673 bits per heavy atom. The van der Waals surface area contributed by atoms with Gasteiger partial charge in [-0.3, -0.25) is 28.9 Å². The largest absolute Gasteiger partial charge is 0.512 e. The van der Waals surface area contributed by atoms with Gasteiger partial charge in [0.1, 0.15) is 11.5 Å². The fraction of sp³-hybridized carbons (Fsp3) is 0.190. The van der Waals surface area contributed by atoms with E-state index in [-0.39, 0.29) is 134 Å². The second-order valence-corrected chi connectivity index (χ2v) is 38.7. The number of aromatic nitrogens is 10. The number of halogens is 3. The van der Waals surface area contributed by atoms with E-state index in [4.69, 9.17) is 5.11 Å². The molecule has 783 valence electrons. The smallest absolute Gasteiger partial charge is 0.418 e. The number of aliphatic hydroxyl groups excluding tert-OH is 2. The van der Waals surface area contributed by atoms with Crippen LogP contribution in [0.2, 0.25) is 0 Å². The van der Waals surface area contributed by atoms with Crippen LogP contribution in [0.1, 0.15) is 107 Å². The van der Waals surface area contributed by atoms with Gasteiger partial charge >= 0.3 is 6.18 Å². The third kappa shape index (κ3) is 39.3. The van der Waals surface area contributed by atoms with E-state index in [1.54, 1.807) is 18.6 Å². The van der Waals surface area contributed by atoms with E-state index in [1.165, 1.54) is 80.7 Å². The van der Waals surface area contributed by atoms with Crippen LogP contribution in [0.25, 0.3) is 112 Å². The zero-order valence-electron chi connectivity index (χ0n) is 86.8. The molecule has 0 spiro atoms. The standard InChI is InChI=1S/C29H21N2.2C18H14N.C16H14N3.C16H11N2.2C11H20O2.C7H9F3N2O.5Ir/c1-4-11-23(12-5-1)24-13-10-14-25(21-24)29-22-28(19-20-30-29)31(26-15-6-2-7-16-26)27-17-8-3-9-18-27;2*1-14-10-11-18(19-13-14)17-9-5-8-16(12-17)15-6-3-2-4-7-15;1-12-6-8-17-15(10-12)13-4-3-5-14(11-13)16-7-9-18-19(16)2;1-2-6-13(7-3-1)14-8-4-9-15(12-14)16-17-10-5-11-18-16;2*1-10(2,3)8(12)7-9(13)11(4,5)6;1-6(13,7(8,9)10)5-12-4-2-3-11-12;;;;;/h1-13,15-22H;2*2-8,10-13H,1H3;3,5-11H,1-2H3;1-8,10-12H;2*7,12H,1-6H3;2-4,13H,5H2,1H3;;;;;/q5*-1;;;;;;;;. The molecule has 0 aliphatic rings. The molecule has 3 N–H and O–H groups in total. The van der Waals surface area contributed by atoms with E-state index in [0.717, 1.165) is 94.7 Å². The average molecular weight is 2890 g/mol. The molecule has 1 unspecified atom stereocenters. The molecule has 1 atom stereocenters. The van der Waals surface area contributed by atoms with E-state index >= 15 is 0 Å². The number of anilines is 3. The van der Waals surface area contributed by atoms with Gasteiger partial charge in [0.25, 0.3) is 0 Å². The van der Waals surface area contributed by atoms with Gasteiger partial charge in [-0.15, -0.1) is 171 Å². The van der Waals surface area contributed by atoms with Crippen molar-refractivity contribution in [3.05, 3.63) is 466 Å². The quantitative estimate of drug-likeness (QED) is 0.0440. The number of aryl methyl sites for hydroxylation is 4. The maximum Gasteiger partial charge on any atom is 0.418 e. The van der Waals surface area contributed by atoms with Crippen LogP contribution in [0.4, 0.5) is 30.2 Å². The van der Waals surface area contributed by atoms with E-state index in [2.05, 4.69) is 289 Å². The first-order valence-electron chi connectivity index (χ1n) is 47.5. The third-order valence-corrected chi connectivity index (χ3v) is 22.4. The van der Waals surface area contributed by atoms with Gasteiger partial charge in [-0.05, 0) is 138 Å². The van der Waals surface area contributed by atoms with Crippen molar-refractivity contribution in [1.29, 1.82) is 0 Å². The van der Waals surface area contributed by atoms with E-state index < -0.39 is 29.2 Å². The summed E-state index contributed by atoms with van der Waals surface area (Å²) in [7, 11) is 1.94. The minimum atomic E-state index is -4.64. The van der Waals surface area contributed by atoms with E-state index in [1.807, 2.05) is 261 Å². The summed E-state index contributed by atoms with van der Waals surface area (Å²) in [6, 6.07) is 131. The number of pyridine rings is 4. The van der Waals surface area contributed by atoms with Crippen molar-refractivity contribution in [3.8, 4) is 112 Å². The summed E-state index contributed by atoms with van der Waals surface area (Å²) >= 11 is 0. The van der Waals surface area contributed by atoms with Crippen LogP contribution in [-0.4, -0.2) is 88.1 Å². The number of carbonyl (C=O) groups is 2. The van der Waals surface area contributed by atoms with Crippen molar-refractivity contribution < 1.29 is 139 Å². The fourth-order valence-corrected chi connectivity index (χ4v) is 13.7. The van der Waals surface area contributed by atoms with Crippen molar-refractivity contribution in [2.24, 2.45) is 28.7 Å². The van der Waals surface area contributed by atoms with Crippen LogP contribution in [0.15, 0.2) is 419 Å². The molecule has 16 nitrogen and oxygen atoms in total. The number of hydrogen-bond acceptors (Lipinski definition) is 14. The first-order chi connectivity index (χ1) is 69.1. The summed E-state index contributed by atoms with van der Waals surface area (Å²) in [5.74, 6) is 0.912. The van der Waals surface area contributed by atoms with Crippen LogP contribution < -0.4 is 4.90 Å². The number of aliphatic hydroxyl groups is 3. The molecule has 0 fully saturated rings. The van der Waals surface area contributed by atoms with Crippen molar-refractivity contribution in [2.75, 3.05) is 4.90 Å². The zero-order valence-corrected chi connectivity index (χ0v) is 98.7. The first kappa shape index (κ1) is 125. The van der Waals surface area contributed by atoms with Gasteiger partial charge in [0, 0.05) is 220 Å². The number of rotatable bonds is 17. The van der Waals surface area contributed by atoms with Crippen molar-refractivity contribution in [3.63, 3.8) is 0 Å². The van der Waals surface area contributed by atoms with Gasteiger partial charge in [-0.2, -0.15) is 23.4 Å². The molecule has 0 saturated heterocycles. The molecule has 11 aromatic carbocycles. The van der Waals surface area contributed by atoms with Crippen molar-refractivity contribution in [2.45, 2.75) is 129 Å². The summed E-state index contributed by atoms with van der Waals surface area (Å²) in [4.78, 5) is 51.7. The Hall–Kier alpha value is -13.3. The Morgan fingerprint density at radius 3 is 1.01 bits per heavy atom. The van der Waals surface area contributed by atoms with Crippen LogP contribution in [-0.2, 0) is 124 Å². The second kappa shape index (κ2) is 60.0.